The van der Waals surface area contributed by atoms with Crippen molar-refractivity contribution in [3.8, 4) is 5.75 Å². The Morgan fingerprint density at radius 1 is 1.21 bits per heavy atom. The van der Waals surface area contributed by atoms with Crippen molar-refractivity contribution in [2.45, 2.75) is 0 Å². The van der Waals surface area contributed by atoms with Crippen LogP contribution in [0.3, 0.4) is 0 Å². The van der Waals surface area contributed by atoms with Gasteiger partial charge in [0.15, 0.2) is 0 Å². The number of carboxylic acids is 1. The predicted octanol–water partition coefficient (Wildman–Crippen LogP) is 2.65. The maximum atomic E-state index is 10.8. The zero-order chi connectivity index (χ0) is 16.8. The van der Waals surface area contributed by atoms with Gasteiger partial charge in [-0.3, -0.25) is 4.90 Å². The van der Waals surface area contributed by atoms with Crippen LogP contribution in [0.2, 0.25) is 0 Å². The SMILES string of the molecule is O=C(O)/C=C/c1ccc2ccccc2c1OCCN1CCOCC1. The quantitative estimate of drug-likeness (QED) is 0.827. The van der Waals surface area contributed by atoms with Crippen molar-refractivity contribution in [2.75, 3.05) is 39.5 Å². The summed E-state index contributed by atoms with van der Waals surface area (Å²) in [7, 11) is 0. The van der Waals surface area contributed by atoms with Crippen LogP contribution in [0, 0.1) is 0 Å². The number of carbonyl (C=O) groups is 1. The van der Waals surface area contributed by atoms with Crippen molar-refractivity contribution in [3.63, 3.8) is 0 Å². The van der Waals surface area contributed by atoms with E-state index in [1.165, 1.54) is 0 Å². The first-order valence-corrected chi connectivity index (χ1v) is 8.10. The van der Waals surface area contributed by atoms with Crippen molar-refractivity contribution in [1.29, 1.82) is 0 Å². The molecule has 0 aromatic heterocycles. The van der Waals surface area contributed by atoms with Gasteiger partial charge in [0.1, 0.15) is 12.4 Å². The summed E-state index contributed by atoms with van der Waals surface area (Å²) in [4.78, 5) is 13.1. The minimum absolute atomic E-state index is 0.557. The maximum Gasteiger partial charge on any atom is 0.328 e. The molecule has 1 heterocycles. The van der Waals surface area contributed by atoms with Crippen LogP contribution < -0.4 is 4.74 Å². The van der Waals surface area contributed by atoms with E-state index >= 15 is 0 Å². The average Bonchev–Trinajstić information content (AvgIpc) is 2.61. The first-order valence-electron chi connectivity index (χ1n) is 8.10. The van der Waals surface area contributed by atoms with E-state index in [0.717, 1.165) is 61.0 Å². The molecule has 2 aromatic rings. The maximum absolute atomic E-state index is 10.8. The van der Waals surface area contributed by atoms with Gasteiger partial charge in [-0.05, 0) is 11.5 Å². The average molecular weight is 327 g/mol. The number of rotatable bonds is 6. The van der Waals surface area contributed by atoms with Crippen molar-refractivity contribution < 1.29 is 19.4 Å². The zero-order valence-electron chi connectivity index (χ0n) is 13.5. The van der Waals surface area contributed by atoms with E-state index in [2.05, 4.69) is 4.90 Å². The lowest BCUT2D eigenvalue weighted by molar-refractivity contribution is -0.131. The smallest absolute Gasteiger partial charge is 0.328 e. The van der Waals surface area contributed by atoms with Crippen LogP contribution in [0.15, 0.2) is 42.5 Å². The van der Waals surface area contributed by atoms with E-state index in [1.54, 1.807) is 6.08 Å². The van der Waals surface area contributed by atoms with E-state index in [9.17, 15) is 4.79 Å². The van der Waals surface area contributed by atoms with Gasteiger partial charge in [0.25, 0.3) is 0 Å². The molecule has 0 unspecified atom stereocenters. The molecule has 1 fully saturated rings. The topological polar surface area (TPSA) is 59.0 Å². The summed E-state index contributed by atoms with van der Waals surface area (Å²) in [5.74, 6) is -0.235. The monoisotopic (exact) mass is 327 g/mol. The Bertz CT molecular complexity index is 735. The molecular weight excluding hydrogens is 306 g/mol. The molecule has 0 bridgehead atoms. The van der Waals surface area contributed by atoms with Gasteiger partial charge < -0.3 is 14.6 Å². The molecule has 1 aliphatic rings. The largest absolute Gasteiger partial charge is 0.491 e. The summed E-state index contributed by atoms with van der Waals surface area (Å²) in [6, 6.07) is 11.8. The minimum Gasteiger partial charge on any atom is -0.491 e. The zero-order valence-corrected chi connectivity index (χ0v) is 13.5. The molecule has 2 aromatic carbocycles. The van der Waals surface area contributed by atoms with Gasteiger partial charge in [-0.1, -0.05) is 36.4 Å². The molecule has 1 saturated heterocycles. The number of nitrogens with zero attached hydrogens (tertiary/aromatic N) is 1. The predicted molar refractivity (Wildman–Crippen MR) is 93.4 cm³/mol. The Morgan fingerprint density at radius 3 is 2.79 bits per heavy atom. The Kier molecular flexibility index (Phi) is 5.46. The summed E-state index contributed by atoms with van der Waals surface area (Å²) >= 11 is 0. The van der Waals surface area contributed by atoms with Gasteiger partial charge in [0, 0.05) is 36.7 Å². The third kappa shape index (κ3) is 4.13. The van der Waals surface area contributed by atoms with Crippen LogP contribution in [-0.4, -0.2) is 55.4 Å². The van der Waals surface area contributed by atoms with Crippen molar-refractivity contribution >= 4 is 22.8 Å². The standard InChI is InChI=1S/C19H21NO4/c21-18(22)8-7-16-6-5-15-3-1-2-4-17(15)19(16)24-14-11-20-9-12-23-13-10-20/h1-8H,9-14H2,(H,21,22)/b8-7+. The van der Waals surface area contributed by atoms with Gasteiger partial charge in [-0.15, -0.1) is 0 Å². The van der Waals surface area contributed by atoms with Gasteiger partial charge in [0.05, 0.1) is 13.2 Å². The van der Waals surface area contributed by atoms with Gasteiger partial charge in [0.2, 0.25) is 0 Å². The molecule has 0 radical (unpaired) electrons. The summed E-state index contributed by atoms with van der Waals surface area (Å²) in [5, 5.41) is 10.9. The number of hydrogen-bond acceptors (Lipinski definition) is 4. The number of morpholine rings is 1. The molecule has 1 N–H and O–H groups in total. The second-order valence-electron chi connectivity index (χ2n) is 5.68. The van der Waals surface area contributed by atoms with Crippen molar-refractivity contribution in [2.24, 2.45) is 0 Å². The molecule has 5 heteroatoms. The fourth-order valence-corrected chi connectivity index (χ4v) is 2.81. The molecule has 1 aliphatic heterocycles. The normalized spacial score (nSPS) is 15.8. The van der Waals surface area contributed by atoms with Crippen LogP contribution in [-0.2, 0) is 9.53 Å². The van der Waals surface area contributed by atoms with Crippen LogP contribution in [0.5, 0.6) is 5.75 Å². The third-order valence-corrected chi connectivity index (χ3v) is 4.07. The summed E-state index contributed by atoms with van der Waals surface area (Å²) in [6.07, 6.45) is 2.72. The van der Waals surface area contributed by atoms with Crippen LogP contribution in [0.1, 0.15) is 5.56 Å². The molecule has 0 spiro atoms. The Morgan fingerprint density at radius 2 is 2.00 bits per heavy atom. The van der Waals surface area contributed by atoms with E-state index in [4.69, 9.17) is 14.6 Å². The first kappa shape index (κ1) is 16.5. The highest BCUT2D eigenvalue weighted by molar-refractivity contribution is 5.93. The molecule has 0 aliphatic carbocycles. The number of ether oxygens (including phenoxy) is 2. The molecule has 0 atom stereocenters. The lowest BCUT2D eigenvalue weighted by atomic mass is 10.0. The molecule has 5 nitrogen and oxygen atoms in total. The molecule has 126 valence electrons. The van der Waals surface area contributed by atoms with Gasteiger partial charge >= 0.3 is 5.97 Å². The molecular formula is C19H21NO4. The van der Waals surface area contributed by atoms with Crippen LogP contribution in [0.25, 0.3) is 16.8 Å². The highest BCUT2D eigenvalue weighted by Gasteiger charge is 2.12. The van der Waals surface area contributed by atoms with Crippen molar-refractivity contribution in [3.05, 3.63) is 48.0 Å². The molecule has 3 rings (SSSR count). The second kappa shape index (κ2) is 7.95. The highest BCUT2D eigenvalue weighted by Crippen LogP contribution is 2.31. The molecule has 0 saturated carbocycles. The summed E-state index contributed by atoms with van der Waals surface area (Å²) in [5.41, 5.74) is 0.776. The van der Waals surface area contributed by atoms with E-state index in [0.29, 0.717) is 6.61 Å². The summed E-state index contributed by atoms with van der Waals surface area (Å²) in [6.45, 7) is 4.76. The summed E-state index contributed by atoms with van der Waals surface area (Å²) < 4.78 is 11.4. The molecule has 24 heavy (non-hydrogen) atoms. The van der Waals surface area contributed by atoms with Crippen LogP contribution in [0.4, 0.5) is 0 Å². The van der Waals surface area contributed by atoms with E-state index in [-0.39, 0.29) is 0 Å². The third-order valence-electron chi connectivity index (χ3n) is 4.07. The number of aliphatic carboxylic acids is 1. The molecule has 0 amide bonds. The van der Waals surface area contributed by atoms with Gasteiger partial charge in [-0.2, -0.15) is 0 Å². The second-order valence-corrected chi connectivity index (χ2v) is 5.68. The fourth-order valence-electron chi connectivity index (χ4n) is 2.81. The lowest BCUT2D eigenvalue weighted by Gasteiger charge is -2.26. The Hall–Kier alpha value is -2.37. The van der Waals surface area contributed by atoms with Gasteiger partial charge in [-0.25, -0.2) is 4.79 Å². The lowest BCUT2D eigenvalue weighted by Crippen LogP contribution is -2.38. The number of carboxylic acid groups (broad SMARTS) is 1. The minimum atomic E-state index is -0.970. The Balaban J connectivity index is 1.79. The number of hydrogen-bond donors (Lipinski definition) is 1. The number of fused-ring (bicyclic) bond motifs is 1. The highest BCUT2D eigenvalue weighted by atomic mass is 16.5. The van der Waals surface area contributed by atoms with E-state index < -0.39 is 5.97 Å². The van der Waals surface area contributed by atoms with E-state index in [1.807, 2.05) is 36.4 Å². The van der Waals surface area contributed by atoms with Crippen molar-refractivity contribution in [1.82, 2.24) is 4.90 Å². The number of benzene rings is 2. The fraction of sp³-hybridized carbons (Fsp3) is 0.316. The Labute approximate surface area is 141 Å². The van der Waals surface area contributed by atoms with Crippen LogP contribution >= 0.6 is 0 Å². The first-order chi connectivity index (χ1) is 11.7.